The molecule has 0 aliphatic rings. The van der Waals surface area contributed by atoms with Crippen LogP contribution in [0.5, 0.6) is 0 Å². The van der Waals surface area contributed by atoms with Crippen LogP contribution in [0.25, 0.3) is 0 Å². The molecule has 0 saturated heterocycles. The number of sulfone groups is 1. The maximum absolute atomic E-state index is 12.9. The summed E-state index contributed by atoms with van der Waals surface area (Å²) in [6.45, 7) is -0.0662. The van der Waals surface area contributed by atoms with E-state index < -0.39 is 20.9 Å². The van der Waals surface area contributed by atoms with E-state index in [0.29, 0.717) is 5.56 Å². The Labute approximate surface area is 152 Å². The van der Waals surface area contributed by atoms with Crippen molar-refractivity contribution in [3.63, 3.8) is 0 Å². The highest BCUT2D eigenvalue weighted by molar-refractivity contribution is 7.90. The lowest BCUT2D eigenvalue weighted by atomic mass is 10.2. The number of carbonyl (C=O) groups excluding carboxylic acids is 1. The molecule has 26 heavy (non-hydrogen) atoms. The Kier molecular flexibility index (Phi) is 5.43. The summed E-state index contributed by atoms with van der Waals surface area (Å²) in [5, 5.41) is 11.1. The van der Waals surface area contributed by atoms with Gasteiger partial charge in [-0.05, 0) is 29.1 Å². The molecule has 2 heterocycles. The van der Waals surface area contributed by atoms with Crippen molar-refractivity contribution in [2.24, 2.45) is 0 Å². The number of benzene rings is 1. The van der Waals surface area contributed by atoms with E-state index in [1.807, 2.05) is 17.5 Å². The first-order valence-corrected chi connectivity index (χ1v) is 10.0. The van der Waals surface area contributed by atoms with Gasteiger partial charge < -0.3 is 9.73 Å². The van der Waals surface area contributed by atoms with Crippen LogP contribution in [-0.2, 0) is 33.4 Å². The predicted octanol–water partition coefficient (Wildman–Crippen LogP) is 2.10. The summed E-state index contributed by atoms with van der Waals surface area (Å²) >= 11 is 1.47. The number of halogens is 1. The molecule has 1 N–H and O–H groups in total. The number of nitrogens with one attached hydrogen (secondary N) is 1. The maximum atomic E-state index is 12.9. The molecule has 0 atom stereocenters. The molecule has 2 aromatic heterocycles. The molecule has 0 spiro atoms. The lowest BCUT2D eigenvalue weighted by Crippen LogP contribution is -2.24. The topological polar surface area (TPSA) is 102 Å². The molecule has 7 nitrogen and oxygen atoms in total. The van der Waals surface area contributed by atoms with E-state index in [4.69, 9.17) is 4.42 Å². The highest BCUT2D eigenvalue weighted by Crippen LogP contribution is 2.16. The van der Waals surface area contributed by atoms with E-state index in [0.717, 1.165) is 4.88 Å². The minimum absolute atomic E-state index is 0.0118. The van der Waals surface area contributed by atoms with Gasteiger partial charge in [0.05, 0.1) is 18.7 Å². The third kappa shape index (κ3) is 4.73. The van der Waals surface area contributed by atoms with Crippen LogP contribution >= 0.6 is 11.3 Å². The van der Waals surface area contributed by atoms with Crippen LogP contribution in [0.4, 0.5) is 4.39 Å². The first-order valence-electron chi connectivity index (χ1n) is 7.51. The van der Waals surface area contributed by atoms with Gasteiger partial charge in [0.2, 0.25) is 21.6 Å². The molecule has 1 amide bonds. The Morgan fingerprint density at radius 3 is 2.65 bits per heavy atom. The number of thiophene rings is 1. The second kappa shape index (κ2) is 7.75. The van der Waals surface area contributed by atoms with Crippen LogP contribution in [0.3, 0.4) is 0 Å². The Morgan fingerprint density at radius 2 is 1.96 bits per heavy atom. The summed E-state index contributed by atoms with van der Waals surface area (Å²) in [6.07, 6.45) is 0.224. The first kappa shape index (κ1) is 18.2. The summed E-state index contributed by atoms with van der Waals surface area (Å²) in [7, 11) is -3.86. The highest BCUT2D eigenvalue weighted by atomic mass is 32.2. The maximum Gasteiger partial charge on any atom is 0.335 e. The summed E-state index contributed by atoms with van der Waals surface area (Å²) in [5.74, 6) is -1.09. The summed E-state index contributed by atoms with van der Waals surface area (Å²) in [6, 6.07) is 8.78. The molecule has 3 aromatic rings. The largest absolute Gasteiger partial charge is 0.411 e. The molecule has 0 aliphatic heterocycles. The summed E-state index contributed by atoms with van der Waals surface area (Å²) in [4.78, 5) is 12.7. The fourth-order valence-corrected chi connectivity index (χ4v) is 3.95. The molecule has 0 unspecified atom stereocenters. The van der Waals surface area contributed by atoms with Gasteiger partial charge in [-0.15, -0.1) is 16.4 Å². The molecule has 0 bridgehead atoms. The Balaban J connectivity index is 1.59. The number of amides is 1. The van der Waals surface area contributed by atoms with Crippen LogP contribution in [0.1, 0.15) is 16.3 Å². The van der Waals surface area contributed by atoms with Crippen molar-refractivity contribution >= 4 is 27.1 Å². The lowest BCUT2D eigenvalue weighted by molar-refractivity contribution is -0.120. The van der Waals surface area contributed by atoms with Crippen molar-refractivity contribution in [3.8, 4) is 0 Å². The molecular weight excluding hydrogens is 381 g/mol. The van der Waals surface area contributed by atoms with Gasteiger partial charge in [-0.25, -0.2) is 12.8 Å². The van der Waals surface area contributed by atoms with Crippen LogP contribution in [-0.4, -0.2) is 24.5 Å². The molecule has 136 valence electrons. The number of nitrogens with zero attached hydrogens (tertiary/aromatic N) is 2. The molecule has 0 aliphatic carbocycles. The van der Waals surface area contributed by atoms with Crippen LogP contribution in [0.2, 0.25) is 0 Å². The van der Waals surface area contributed by atoms with E-state index in [2.05, 4.69) is 15.5 Å². The number of hydrogen-bond acceptors (Lipinski definition) is 7. The Hall–Kier alpha value is -2.59. The average Bonchev–Trinajstić information content (AvgIpc) is 3.27. The highest BCUT2D eigenvalue weighted by Gasteiger charge is 2.23. The van der Waals surface area contributed by atoms with Gasteiger partial charge in [-0.3, -0.25) is 4.79 Å². The van der Waals surface area contributed by atoms with E-state index in [1.54, 1.807) is 0 Å². The van der Waals surface area contributed by atoms with Gasteiger partial charge >= 0.3 is 5.22 Å². The molecule has 3 rings (SSSR count). The minimum atomic E-state index is -3.86. The van der Waals surface area contributed by atoms with Gasteiger partial charge in [0, 0.05) is 4.88 Å². The Morgan fingerprint density at radius 1 is 1.19 bits per heavy atom. The Bertz CT molecular complexity index is 983. The molecular formula is C16H14FN3O4S2. The quantitative estimate of drug-likeness (QED) is 0.657. The van der Waals surface area contributed by atoms with Crippen LogP contribution < -0.4 is 5.32 Å². The predicted molar refractivity (Wildman–Crippen MR) is 91.5 cm³/mol. The zero-order valence-electron chi connectivity index (χ0n) is 13.4. The zero-order valence-corrected chi connectivity index (χ0v) is 15.0. The third-order valence-corrected chi connectivity index (χ3v) is 5.62. The second-order valence-electron chi connectivity index (χ2n) is 5.38. The van der Waals surface area contributed by atoms with E-state index >= 15 is 0 Å². The monoisotopic (exact) mass is 395 g/mol. The van der Waals surface area contributed by atoms with Gasteiger partial charge in [-0.1, -0.05) is 23.3 Å². The average molecular weight is 395 g/mol. The van der Waals surface area contributed by atoms with Crippen molar-refractivity contribution in [2.45, 2.75) is 23.9 Å². The van der Waals surface area contributed by atoms with E-state index in [-0.39, 0.29) is 30.5 Å². The lowest BCUT2D eigenvalue weighted by Gasteiger charge is -2.01. The van der Waals surface area contributed by atoms with Crippen molar-refractivity contribution in [1.82, 2.24) is 15.5 Å². The van der Waals surface area contributed by atoms with Gasteiger partial charge in [0.1, 0.15) is 5.82 Å². The van der Waals surface area contributed by atoms with Gasteiger partial charge in [0.25, 0.3) is 0 Å². The van der Waals surface area contributed by atoms with Crippen molar-refractivity contribution in [2.75, 3.05) is 0 Å². The fourth-order valence-electron chi connectivity index (χ4n) is 2.11. The third-order valence-electron chi connectivity index (χ3n) is 3.34. The van der Waals surface area contributed by atoms with Crippen molar-refractivity contribution < 1.29 is 22.0 Å². The zero-order chi connectivity index (χ0) is 18.6. The van der Waals surface area contributed by atoms with Gasteiger partial charge in [0.15, 0.2) is 0 Å². The molecule has 0 fully saturated rings. The van der Waals surface area contributed by atoms with E-state index in [1.165, 1.54) is 35.6 Å². The standard InChI is InChI=1S/C16H14FN3O4S2/c17-12-5-3-11(4-6-12)10-26(22,23)16-20-19-15(24-16)9-18-14(21)8-13-2-1-7-25-13/h1-7H,8-10H2,(H,18,21). The molecule has 1 aromatic carbocycles. The number of hydrogen-bond donors (Lipinski definition) is 1. The second-order valence-corrected chi connectivity index (χ2v) is 8.28. The van der Waals surface area contributed by atoms with Gasteiger partial charge in [-0.2, -0.15) is 0 Å². The van der Waals surface area contributed by atoms with Crippen LogP contribution in [0, 0.1) is 5.82 Å². The molecule has 0 saturated carbocycles. The molecule has 10 heteroatoms. The smallest absolute Gasteiger partial charge is 0.335 e. The number of rotatable bonds is 7. The number of carbonyl (C=O) groups is 1. The van der Waals surface area contributed by atoms with Crippen molar-refractivity contribution in [1.29, 1.82) is 0 Å². The van der Waals surface area contributed by atoms with Crippen LogP contribution in [0.15, 0.2) is 51.4 Å². The first-order chi connectivity index (χ1) is 12.4. The summed E-state index contributed by atoms with van der Waals surface area (Å²) in [5.41, 5.74) is 0.399. The fraction of sp³-hybridized carbons (Fsp3) is 0.188. The van der Waals surface area contributed by atoms with E-state index in [9.17, 15) is 17.6 Å². The van der Waals surface area contributed by atoms with Crippen molar-refractivity contribution in [3.05, 3.63) is 63.9 Å². The minimum Gasteiger partial charge on any atom is -0.411 e. The summed E-state index contributed by atoms with van der Waals surface area (Å²) < 4.78 is 42.6. The normalized spacial score (nSPS) is 11.4. The molecule has 0 radical (unpaired) electrons. The number of aromatic nitrogens is 2. The SMILES string of the molecule is O=C(Cc1cccs1)NCc1nnc(S(=O)(=O)Cc2ccc(F)cc2)o1.